The van der Waals surface area contributed by atoms with Gasteiger partial charge in [0, 0.05) is 31.2 Å². The average Bonchev–Trinajstić information content (AvgIpc) is 3.17. The number of aromatic nitrogens is 2. The zero-order chi connectivity index (χ0) is 20.1. The Hall–Kier alpha value is -3.09. The number of para-hydroxylation sites is 1. The van der Waals surface area contributed by atoms with Crippen molar-refractivity contribution in [2.45, 2.75) is 26.2 Å². The van der Waals surface area contributed by atoms with E-state index in [0.29, 0.717) is 30.4 Å². The molecule has 29 heavy (non-hydrogen) atoms. The van der Waals surface area contributed by atoms with Crippen LogP contribution in [0.15, 0.2) is 46.9 Å². The molecule has 2 aromatic heterocycles. The molecule has 1 aliphatic heterocycles. The summed E-state index contributed by atoms with van der Waals surface area (Å²) in [6.45, 7) is 4.66. The molecular formula is C22H26N4O3. The summed E-state index contributed by atoms with van der Waals surface area (Å²) in [6, 6.07) is 14.1. The number of carbonyl (C=O) groups is 1. The van der Waals surface area contributed by atoms with E-state index in [1.807, 2.05) is 49.4 Å². The smallest absolute Gasteiger partial charge is 0.299 e. The SMILES string of the molecule is Cc1ccc2oc(N3CCC(C(=O)NCCCOc4ccccc4)CC3)nc2n1. The van der Waals surface area contributed by atoms with Crippen LogP contribution in [0.4, 0.5) is 6.01 Å². The minimum absolute atomic E-state index is 0.0334. The van der Waals surface area contributed by atoms with Gasteiger partial charge in [-0.1, -0.05) is 18.2 Å². The highest BCUT2D eigenvalue weighted by Crippen LogP contribution is 2.26. The first-order valence-corrected chi connectivity index (χ1v) is 10.1. The lowest BCUT2D eigenvalue weighted by Gasteiger charge is -2.30. The summed E-state index contributed by atoms with van der Waals surface area (Å²) < 4.78 is 11.5. The number of carbonyl (C=O) groups excluding carboxylic acids is 1. The Morgan fingerprint density at radius 2 is 1.97 bits per heavy atom. The number of benzene rings is 1. The molecule has 0 atom stereocenters. The molecule has 3 heterocycles. The Kier molecular flexibility index (Phi) is 5.93. The zero-order valence-corrected chi connectivity index (χ0v) is 16.6. The fourth-order valence-electron chi connectivity index (χ4n) is 3.50. The summed E-state index contributed by atoms with van der Waals surface area (Å²) in [5.41, 5.74) is 2.25. The van der Waals surface area contributed by atoms with Crippen molar-refractivity contribution >= 4 is 23.2 Å². The van der Waals surface area contributed by atoms with Gasteiger partial charge in [-0.15, -0.1) is 0 Å². The Morgan fingerprint density at radius 3 is 2.76 bits per heavy atom. The third-order valence-corrected chi connectivity index (χ3v) is 5.15. The van der Waals surface area contributed by atoms with Crippen LogP contribution >= 0.6 is 0 Å². The van der Waals surface area contributed by atoms with Crippen molar-refractivity contribution in [1.82, 2.24) is 15.3 Å². The maximum Gasteiger partial charge on any atom is 0.299 e. The summed E-state index contributed by atoms with van der Waals surface area (Å²) in [6.07, 6.45) is 2.36. The maximum absolute atomic E-state index is 12.4. The van der Waals surface area contributed by atoms with Crippen molar-refractivity contribution in [3.63, 3.8) is 0 Å². The number of fused-ring (bicyclic) bond motifs is 1. The Bertz CT molecular complexity index is 949. The molecule has 1 saturated heterocycles. The van der Waals surface area contributed by atoms with Crippen LogP contribution in [-0.2, 0) is 4.79 Å². The number of amides is 1. The number of rotatable bonds is 7. The number of ether oxygens (including phenoxy) is 1. The summed E-state index contributed by atoms with van der Waals surface area (Å²) in [7, 11) is 0. The molecule has 1 aromatic carbocycles. The van der Waals surface area contributed by atoms with Gasteiger partial charge in [-0.05, 0) is 50.5 Å². The van der Waals surface area contributed by atoms with Crippen molar-refractivity contribution in [2.24, 2.45) is 5.92 Å². The molecule has 3 aromatic rings. The van der Waals surface area contributed by atoms with Gasteiger partial charge < -0.3 is 19.4 Å². The molecule has 1 aliphatic rings. The zero-order valence-electron chi connectivity index (χ0n) is 16.6. The summed E-state index contributed by atoms with van der Waals surface area (Å²) >= 11 is 0. The summed E-state index contributed by atoms with van der Waals surface area (Å²) in [4.78, 5) is 23.4. The lowest BCUT2D eigenvalue weighted by atomic mass is 9.96. The molecule has 7 heteroatoms. The first-order valence-electron chi connectivity index (χ1n) is 10.1. The lowest BCUT2D eigenvalue weighted by Crippen LogP contribution is -2.41. The van der Waals surface area contributed by atoms with E-state index in [4.69, 9.17) is 9.15 Å². The van der Waals surface area contributed by atoms with Gasteiger partial charge in [0.2, 0.25) is 11.6 Å². The van der Waals surface area contributed by atoms with Gasteiger partial charge in [0.15, 0.2) is 5.58 Å². The average molecular weight is 394 g/mol. The van der Waals surface area contributed by atoms with E-state index in [1.165, 1.54) is 0 Å². The highest BCUT2D eigenvalue weighted by atomic mass is 16.5. The Morgan fingerprint density at radius 1 is 1.17 bits per heavy atom. The number of hydrogen-bond donors (Lipinski definition) is 1. The van der Waals surface area contributed by atoms with Crippen LogP contribution in [0.1, 0.15) is 25.0 Å². The minimum atomic E-state index is 0.0334. The predicted octanol–water partition coefficient (Wildman–Crippen LogP) is 3.33. The van der Waals surface area contributed by atoms with Crippen LogP contribution in [0.5, 0.6) is 5.75 Å². The van der Waals surface area contributed by atoms with Gasteiger partial charge in [-0.3, -0.25) is 4.79 Å². The molecule has 7 nitrogen and oxygen atoms in total. The molecule has 0 saturated carbocycles. The van der Waals surface area contributed by atoms with Crippen LogP contribution in [0.25, 0.3) is 11.2 Å². The highest BCUT2D eigenvalue weighted by molar-refractivity contribution is 5.79. The van der Waals surface area contributed by atoms with Crippen LogP contribution in [0.3, 0.4) is 0 Å². The molecule has 0 radical (unpaired) electrons. The Balaban J connectivity index is 1.19. The largest absolute Gasteiger partial charge is 0.494 e. The number of piperidine rings is 1. The van der Waals surface area contributed by atoms with Crippen molar-refractivity contribution in [3.8, 4) is 5.75 Å². The fourth-order valence-corrected chi connectivity index (χ4v) is 3.50. The van der Waals surface area contributed by atoms with Crippen molar-refractivity contribution < 1.29 is 13.9 Å². The molecule has 0 aliphatic carbocycles. The lowest BCUT2D eigenvalue weighted by molar-refractivity contribution is -0.125. The Labute approximate surface area is 170 Å². The molecule has 1 N–H and O–H groups in total. The molecule has 1 amide bonds. The third-order valence-electron chi connectivity index (χ3n) is 5.15. The second-order valence-electron chi connectivity index (χ2n) is 7.34. The number of hydrogen-bond acceptors (Lipinski definition) is 6. The number of oxazole rings is 1. The van der Waals surface area contributed by atoms with Gasteiger partial charge in [0.1, 0.15) is 5.75 Å². The van der Waals surface area contributed by atoms with E-state index in [9.17, 15) is 4.79 Å². The van der Waals surface area contributed by atoms with Crippen LogP contribution in [-0.4, -0.2) is 42.1 Å². The summed E-state index contributed by atoms with van der Waals surface area (Å²) in [5, 5.41) is 3.03. The molecule has 4 rings (SSSR count). The number of pyridine rings is 1. The monoisotopic (exact) mass is 394 g/mol. The second-order valence-corrected chi connectivity index (χ2v) is 7.34. The van der Waals surface area contributed by atoms with E-state index >= 15 is 0 Å². The van der Waals surface area contributed by atoms with E-state index in [0.717, 1.165) is 43.8 Å². The van der Waals surface area contributed by atoms with E-state index < -0.39 is 0 Å². The van der Waals surface area contributed by atoms with Crippen LogP contribution in [0, 0.1) is 12.8 Å². The van der Waals surface area contributed by atoms with Crippen molar-refractivity contribution in [3.05, 3.63) is 48.2 Å². The van der Waals surface area contributed by atoms with Crippen LogP contribution in [0.2, 0.25) is 0 Å². The maximum atomic E-state index is 12.4. The van der Waals surface area contributed by atoms with Gasteiger partial charge in [0.05, 0.1) is 6.61 Å². The van der Waals surface area contributed by atoms with Crippen molar-refractivity contribution in [1.29, 1.82) is 0 Å². The van der Waals surface area contributed by atoms with E-state index in [2.05, 4.69) is 20.2 Å². The topological polar surface area (TPSA) is 80.5 Å². The van der Waals surface area contributed by atoms with E-state index in [-0.39, 0.29) is 11.8 Å². The first-order chi connectivity index (χ1) is 14.2. The standard InChI is InChI=1S/C22H26N4O3/c1-16-8-9-19-20(24-16)25-22(29-19)26-13-10-17(11-14-26)21(27)23-12-5-15-28-18-6-3-2-4-7-18/h2-4,6-9,17H,5,10-15H2,1H3,(H,23,27). The molecule has 1 fully saturated rings. The second kappa shape index (κ2) is 8.94. The molecule has 0 unspecified atom stereocenters. The summed E-state index contributed by atoms with van der Waals surface area (Å²) in [5.74, 6) is 1.01. The van der Waals surface area contributed by atoms with Crippen LogP contribution < -0.4 is 15.0 Å². The molecule has 0 spiro atoms. The number of nitrogens with zero attached hydrogens (tertiary/aromatic N) is 3. The van der Waals surface area contributed by atoms with Gasteiger partial charge in [-0.25, -0.2) is 4.98 Å². The van der Waals surface area contributed by atoms with Gasteiger partial charge in [-0.2, -0.15) is 4.98 Å². The number of aryl methyl sites for hydroxylation is 1. The molecule has 0 bridgehead atoms. The predicted molar refractivity (Wildman–Crippen MR) is 111 cm³/mol. The quantitative estimate of drug-likeness (QED) is 0.619. The highest BCUT2D eigenvalue weighted by Gasteiger charge is 2.27. The number of anilines is 1. The van der Waals surface area contributed by atoms with Gasteiger partial charge >= 0.3 is 0 Å². The normalized spacial score (nSPS) is 14.9. The van der Waals surface area contributed by atoms with E-state index in [1.54, 1.807) is 0 Å². The molecular weight excluding hydrogens is 368 g/mol. The van der Waals surface area contributed by atoms with Crippen molar-refractivity contribution in [2.75, 3.05) is 31.1 Å². The first kappa shape index (κ1) is 19.2. The fraction of sp³-hybridized carbons (Fsp3) is 0.409. The minimum Gasteiger partial charge on any atom is -0.494 e. The number of nitrogens with one attached hydrogen (secondary N) is 1. The molecule has 152 valence electrons. The third kappa shape index (κ3) is 4.85. The van der Waals surface area contributed by atoms with Gasteiger partial charge in [0.25, 0.3) is 6.01 Å².